The van der Waals surface area contributed by atoms with Crippen molar-refractivity contribution in [2.75, 3.05) is 29.9 Å². The van der Waals surface area contributed by atoms with Crippen LogP contribution in [0.3, 0.4) is 0 Å². The first-order valence-electron chi connectivity index (χ1n) is 10.4. The summed E-state index contributed by atoms with van der Waals surface area (Å²) in [6.07, 6.45) is 5.71. The van der Waals surface area contributed by atoms with E-state index in [-0.39, 0.29) is 23.4 Å². The minimum Gasteiger partial charge on any atom is -0.507 e. The predicted molar refractivity (Wildman–Crippen MR) is 126 cm³/mol. The fourth-order valence-corrected chi connectivity index (χ4v) is 4.00. The van der Waals surface area contributed by atoms with Gasteiger partial charge < -0.3 is 20.6 Å². The van der Waals surface area contributed by atoms with Crippen LogP contribution >= 0.6 is 0 Å². The second kappa shape index (κ2) is 9.13. The molecule has 3 aromatic carbocycles. The summed E-state index contributed by atoms with van der Waals surface area (Å²) in [5.41, 5.74) is 3.59. The molecule has 0 saturated carbocycles. The van der Waals surface area contributed by atoms with E-state index in [2.05, 4.69) is 21.5 Å². The summed E-state index contributed by atoms with van der Waals surface area (Å²) in [6.45, 7) is 3.69. The second-order valence-electron chi connectivity index (χ2n) is 7.71. The lowest BCUT2D eigenvalue weighted by molar-refractivity contribution is -0.114. The van der Waals surface area contributed by atoms with Crippen molar-refractivity contribution in [3.05, 3.63) is 66.5 Å². The molecule has 0 aromatic heterocycles. The highest BCUT2D eigenvalue weighted by atomic mass is 19.1. The fourth-order valence-electron chi connectivity index (χ4n) is 4.00. The average Bonchev–Trinajstić information content (AvgIpc) is 2.80. The van der Waals surface area contributed by atoms with Crippen LogP contribution in [0.2, 0.25) is 0 Å². The fraction of sp³-hybridized carbons (Fsp3) is 0.192. The van der Waals surface area contributed by atoms with Crippen molar-refractivity contribution in [3.63, 3.8) is 0 Å². The molecule has 1 aliphatic heterocycles. The molecule has 0 spiro atoms. The van der Waals surface area contributed by atoms with E-state index in [1.807, 2.05) is 36.4 Å². The maximum atomic E-state index is 14.5. The molecule has 1 saturated heterocycles. The summed E-state index contributed by atoms with van der Waals surface area (Å²) in [5.74, 6) is 1.97. The van der Waals surface area contributed by atoms with Crippen LogP contribution in [0.15, 0.2) is 60.7 Å². The Morgan fingerprint density at radius 3 is 2.56 bits per heavy atom. The molecular formula is C26H24FN3O2. The van der Waals surface area contributed by atoms with Crippen LogP contribution in [-0.2, 0) is 4.79 Å². The van der Waals surface area contributed by atoms with Gasteiger partial charge in [-0.05, 0) is 35.4 Å². The minimum absolute atomic E-state index is 0.0379. The molecule has 0 bridgehead atoms. The summed E-state index contributed by atoms with van der Waals surface area (Å²) >= 11 is 0. The zero-order valence-corrected chi connectivity index (χ0v) is 17.7. The molecule has 3 N–H and O–H groups in total. The third-order valence-electron chi connectivity index (χ3n) is 5.55. The topological polar surface area (TPSA) is 64.6 Å². The largest absolute Gasteiger partial charge is 0.507 e. The molecule has 32 heavy (non-hydrogen) atoms. The number of hydrogen-bond acceptors (Lipinski definition) is 4. The zero-order valence-electron chi connectivity index (χ0n) is 17.7. The first-order chi connectivity index (χ1) is 15.5. The van der Waals surface area contributed by atoms with Gasteiger partial charge in [0.15, 0.2) is 0 Å². The maximum absolute atomic E-state index is 14.5. The first-order valence-corrected chi connectivity index (χ1v) is 10.4. The Morgan fingerprint density at radius 1 is 1.16 bits per heavy atom. The number of hydrogen-bond donors (Lipinski definition) is 3. The Balaban J connectivity index is 1.70. The van der Waals surface area contributed by atoms with E-state index in [0.29, 0.717) is 16.7 Å². The van der Waals surface area contributed by atoms with Crippen molar-refractivity contribution >= 4 is 17.3 Å². The summed E-state index contributed by atoms with van der Waals surface area (Å²) in [7, 11) is 0. The van der Waals surface area contributed by atoms with Gasteiger partial charge in [0.25, 0.3) is 0 Å². The Kier molecular flexibility index (Phi) is 6.11. The molecule has 1 amide bonds. The molecule has 1 fully saturated rings. The summed E-state index contributed by atoms with van der Waals surface area (Å²) in [6, 6.07) is 17.7. The van der Waals surface area contributed by atoms with Crippen LogP contribution in [0.4, 0.5) is 15.8 Å². The minimum atomic E-state index is -0.566. The SMILES string of the molecule is C#C[C@H]1CNCCN1c1cccc(-c2cccc(-c3ccc(NC(C)=O)c(F)c3)c2O)c1. The molecule has 1 atom stereocenters. The molecule has 6 heteroatoms. The number of piperazine rings is 1. The van der Waals surface area contributed by atoms with Crippen molar-refractivity contribution in [3.8, 4) is 40.3 Å². The van der Waals surface area contributed by atoms with Crippen LogP contribution in [-0.4, -0.2) is 36.7 Å². The number of carbonyl (C=O) groups excluding carboxylic acids is 1. The summed E-state index contributed by atoms with van der Waals surface area (Å²) < 4.78 is 14.5. The number of phenolic OH excluding ortho intramolecular Hbond substituents is 1. The van der Waals surface area contributed by atoms with E-state index in [1.54, 1.807) is 12.1 Å². The van der Waals surface area contributed by atoms with Crippen LogP contribution in [0, 0.1) is 18.2 Å². The van der Waals surface area contributed by atoms with Gasteiger partial charge in [0, 0.05) is 43.4 Å². The molecule has 4 rings (SSSR count). The molecule has 1 heterocycles. The number of nitrogens with zero attached hydrogens (tertiary/aromatic N) is 1. The second-order valence-corrected chi connectivity index (χ2v) is 7.71. The Morgan fingerprint density at radius 2 is 1.88 bits per heavy atom. The highest BCUT2D eigenvalue weighted by molar-refractivity contribution is 5.90. The van der Waals surface area contributed by atoms with Crippen molar-refractivity contribution in [2.45, 2.75) is 13.0 Å². The lowest BCUT2D eigenvalue weighted by atomic mass is 9.96. The molecule has 1 aliphatic rings. The van der Waals surface area contributed by atoms with Crippen LogP contribution in [0.5, 0.6) is 5.75 Å². The average molecular weight is 429 g/mol. The van der Waals surface area contributed by atoms with Gasteiger partial charge in [0.1, 0.15) is 17.6 Å². The van der Waals surface area contributed by atoms with Crippen molar-refractivity contribution < 1.29 is 14.3 Å². The number of nitrogens with one attached hydrogen (secondary N) is 2. The Hall–Kier alpha value is -3.82. The molecule has 0 aliphatic carbocycles. The number of amides is 1. The number of para-hydroxylation sites is 1. The standard InChI is InChI=1S/C26H24FN3O2/c1-3-20-16-28-12-13-30(20)21-7-4-6-18(14-21)22-8-5-9-23(26(22)32)19-10-11-25(24(27)15-19)29-17(2)31/h1,4-11,14-15,20,28,32H,12-13,16H2,2H3,(H,29,31)/t20-/m0/s1. The highest BCUT2D eigenvalue weighted by Gasteiger charge is 2.21. The number of rotatable bonds is 4. The summed E-state index contributed by atoms with van der Waals surface area (Å²) in [4.78, 5) is 13.4. The third kappa shape index (κ3) is 4.29. The number of phenols is 1. The number of halogens is 1. The normalized spacial score (nSPS) is 15.8. The molecule has 5 nitrogen and oxygen atoms in total. The van der Waals surface area contributed by atoms with Gasteiger partial charge in [-0.3, -0.25) is 4.79 Å². The predicted octanol–water partition coefficient (Wildman–Crippen LogP) is 4.24. The first kappa shape index (κ1) is 21.4. The van der Waals surface area contributed by atoms with E-state index < -0.39 is 5.82 Å². The number of aromatic hydroxyl groups is 1. The van der Waals surface area contributed by atoms with Crippen molar-refractivity contribution in [2.24, 2.45) is 0 Å². The van der Waals surface area contributed by atoms with Crippen molar-refractivity contribution in [1.29, 1.82) is 0 Å². The zero-order chi connectivity index (χ0) is 22.7. The number of anilines is 2. The summed E-state index contributed by atoms with van der Waals surface area (Å²) in [5, 5.41) is 16.8. The number of benzene rings is 3. The van der Waals surface area contributed by atoms with E-state index >= 15 is 0 Å². The van der Waals surface area contributed by atoms with Gasteiger partial charge in [0.05, 0.1) is 5.69 Å². The Labute approximate surface area is 186 Å². The molecular weight excluding hydrogens is 405 g/mol. The third-order valence-corrected chi connectivity index (χ3v) is 5.55. The van der Waals surface area contributed by atoms with Gasteiger partial charge in [-0.1, -0.05) is 42.3 Å². The van der Waals surface area contributed by atoms with E-state index in [4.69, 9.17) is 6.42 Å². The van der Waals surface area contributed by atoms with Crippen LogP contribution in [0.1, 0.15) is 6.92 Å². The number of terminal acetylenes is 1. The Bertz CT molecular complexity index is 1200. The van der Waals surface area contributed by atoms with Gasteiger partial charge in [0.2, 0.25) is 5.91 Å². The lowest BCUT2D eigenvalue weighted by Gasteiger charge is -2.35. The van der Waals surface area contributed by atoms with E-state index in [1.165, 1.54) is 19.1 Å². The van der Waals surface area contributed by atoms with Crippen molar-refractivity contribution in [1.82, 2.24) is 5.32 Å². The smallest absolute Gasteiger partial charge is 0.221 e. The highest BCUT2D eigenvalue weighted by Crippen LogP contribution is 2.39. The molecule has 0 unspecified atom stereocenters. The van der Waals surface area contributed by atoms with Gasteiger partial charge in [-0.2, -0.15) is 0 Å². The van der Waals surface area contributed by atoms with Crippen LogP contribution in [0.25, 0.3) is 22.3 Å². The van der Waals surface area contributed by atoms with Gasteiger partial charge >= 0.3 is 0 Å². The quantitative estimate of drug-likeness (QED) is 0.543. The molecule has 3 aromatic rings. The number of carbonyl (C=O) groups is 1. The van der Waals surface area contributed by atoms with E-state index in [9.17, 15) is 14.3 Å². The monoisotopic (exact) mass is 429 g/mol. The molecule has 0 radical (unpaired) electrons. The molecule has 162 valence electrons. The van der Waals surface area contributed by atoms with E-state index in [0.717, 1.165) is 30.9 Å². The lowest BCUT2D eigenvalue weighted by Crippen LogP contribution is -2.50. The van der Waals surface area contributed by atoms with Crippen LogP contribution < -0.4 is 15.5 Å². The van der Waals surface area contributed by atoms with Gasteiger partial charge in [-0.15, -0.1) is 6.42 Å². The van der Waals surface area contributed by atoms with Gasteiger partial charge in [-0.25, -0.2) is 4.39 Å². The maximum Gasteiger partial charge on any atom is 0.221 e.